The second-order valence-electron chi connectivity index (χ2n) is 4.65. The molecule has 1 rings (SSSR count). The number of rotatable bonds is 8. The molecule has 0 spiro atoms. The van der Waals surface area contributed by atoms with Gasteiger partial charge in [0.15, 0.2) is 0 Å². The molecule has 1 aromatic rings. The summed E-state index contributed by atoms with van der Waals surface area (Å²) in [5.41, 5.74) is 2.59. The van der Waals surface area contributed by atoms with Crippen LogP contribution in [0, 0.1) is 6.92 Å². The van der Waals surface area contributed by atoms with Crippen molar-refractivity contribution in [3.8, 4) is 0 Å². The normalized spacial score (nSPS) is 9.79. The van der Waals surface area contributed by atoms with E-state index in [1.54, 1.807) is 0 Å². The summed E-state index contributed by atoms with van der Waals surface area (Å²) in [6, 6.07) is 8.51. The summed E-state index contributed by atoms with van der Waals surface area (Å²) in [5, 5.41) is 5.99. The number of carbonyl (C=O) groups is 1. The molecular weight excluding hydrogens is 260 g/mol. The molecule has 1 aromatic carbocycles. The van der Waals surface area contributed by atoms with Gasteiger partial charge in [-0.25, -0.2) is 0 Å². The lowest BCUT2D eigenvalue weighted by Gasteiger charge is -2.05. The largest absolute Gasteiger partial charge is 0.356 e. The highest BCUT2D eigenvalue weighted by Crippen LogP contribution is 2.07. The minimum Gasteiger partial charge on any atom is -0.356 e. The number of benzene rings is 1. The van der Waals surface area contributed by atoms with E-state index in [4.69, 9.17) is 0 Å². The number of hydrogen-bond donors (Lipinski definition) is 2. The Bertz CT molecular complexity index is 352. The highest BCUT2D eigenvalue weighted by atomic mass is 35.5. The fourth-order valence-electron chi connectivity index (χ4n) is 1.79. The minimum atomic E-state index is 0. The lowest BCUT2D eigenvalue weighted by atomic mass is 10.1. The summed E-state index contributed by atoms with van der Waals surface area (Å²) in [6.07, 6.45) is 3.50. The van der Waals surface area contributed by atoms with Gasteiger partial charge < -0.3 is 10.6 Å². The standard InChI is InChI=1S/C15H24N2O.ClH/c1-13-7-9-14(10-8-13)5-3-6-15(18)17-12-4-11-16-2;/h7-10,16H,3-6,11-12H2,1-2H3,(H,17,18);1H. The number of halogens is 1. The zero-order chi connectivity index (χ0) is 13.2. The van der Waals surface area contributed by atoms with Crippen molar-refractivity contribution in [2.75, 3.05) is 20.1 Å². The van der Waals surface area contributed by atoms with Gasteiger partial charge >= 0.3 is 0 Å². The third kappa shape index (κ3) is 8.62. The van der Waals surface area contributed by atoms with Gasteiger partial charge in [0, 0.05) is 13.0 Å². The fraction of sp³-hybridized carbons (Fsp3) is 0.533. The van der Waals surface area contributed by atoms with Crippen molar-refractivity contribution in [3.05, 3.63) is 35.4 Å². The van der Waals surface area contributed by atoms with Crippen molar-refractivity contribution < 1.29 is 4.79 Å². The summed E-state index contributed by atoms with van der Waals surface area (Å²) in [6.45, 7) is 3.80. The molecule has 2 N–H and O–H groups in total. The van der Waals surface area contributed by atoms with E-state index in [0.29, 0.717) is 6.42 Å². The first-order chi connectivity index (χ1) is 8.72. The fourth-order valence-corrected chi connectivity index (χ4v) is 1.79. The Balaban J connectivity index is 0.00000324. The molecule has 3 nitrogen and oxygen atoms in total. The van der Waals surface area contributed by atoms with E-state index in [0.717, 1.165) is 32.4 Å². The Hall–Kier alpha value is -1.06. The van der Waals surface area contributed by atoms with Gasteiger partial charge in [-0.3, -0.25) is 4.79 Å². The molecule has 0 aromatic heterocycles. The molecule has 0 saturated carbocycles. The number of carbonyl (C=O) groups excluding carboxylic acids is 1. The SMILES string of the molecule is CNCCCNC(=O)CCCc1ccc(C)cc1.Cl. The Morgan fingerprint density at radius 2 is 1.79 bits per heavy atom. The summed E-state index contributed by atoms with van der Waals surface area (Å²) < 4.78 is 0. The maximum absolute atomic E-state index is 11.5. The molecule has 0 aliphatic heterocycles. The Morgan fingerprint density at radius 1 is 1.11 bits per heavy atom. The molecule has 0 radical (unpaired) electrons. The van der Waals surface area contributed by atoms with E-state index < -0.39 is 0 Å². The molecule has 4 heteroatoms. The van der Waals surface area contributed by atoms with E-state index >= 15 is 0 Å². The maximum atomic E-state index is 11.5. The van der Waals surface area contributed by atoms with Gasteiger partial charge in [-0.1, -0.05) is 29.8 Å². The Kier molecular flexibility index (Phi) is 10.2. The highest BCUT2D eigenvalue weighted by Gasteiger charge is 2.00. The third-order valence-electron chi connectivity index (χ3n) is 2.92. The highest BCUT2D eigenvalue weighted by molar-refractivity contribution is 5.85. The van der Waals surface area contributed by atoms with Gasteiger partial charge in [-0.15, -0.1) is 12.4 Å². The van der Waals surface area contributed by atoms with Gasteiger partial charge in [-0.05, 0) is 45.3 Å². The van der Waals surface area contributed by atoms with Crippen molar-refractivity contribution in [2.24, 2.45) is 0 Å². The summed E-state index contributed by atoms with van der Waals surface area (Å²) in [7, 11) is 1.92. The van der Waals surface area contributed by atoms with E-state index in [1.807, 2.05) is 7.05 Å². The van der Waals surface area contributed by atoms with Crippen molar-refractivity contribution in [3.63, 3.8) is 0 Å². The molecule has 0 atom stereocenters. The molecule has 1 amide bonds. The maximum Gasteiger partial charge on any atom is 0.220 e. The van der Waals surface area contributed by atoms with Crippen molar-refractivity contribution >= 4 is 18.3 Å². The van der Waals surface area contributed by atoms with Crippen LogP contribution in [0.4, 0.5) is 0 Å². The Morgan fingerprint density at radius 3 is 2.42 bits per heavy atom. The van der Waals surface area contributed by atoms with E-state index in [-0.39, 0.29) is 18.3 Å². The molecule has 0 unspecified atom stereocenters. The number of nitrogens with one attached hydrogen (secondary N) is 2. The average Bonchev–Trinajstić information content (AvgIpc) is 2.37. The zero-order valence-electron chi connectivity index (χ0n) is 11.9. The molecular formula is C15H25ClN2O. The van der Waals surface area contributed by atoms with Gasteiger partial charge in [0.2, 0.25) is 5.91 Å². The molecule has 108 valence electrons. The van der Waals surface area contributed by atoms with Gasteiger partial charge in [0.05, 0.1) is 0 Å². The summed E-state index contributed by atoms with van der Waals surface area (Å²) in [5.74, 6) is 0.165. The van der Waals surface area contributed by atoms with Crippen LogP contribution in [0.1, 0.15) is 30.4 Å². The second-order valence-corrected chi connectivity index (χ2v) is 4.65. The Labute approximate surface area is 122 Å². The van der Waals surface area contributed by atoms with Crippen LogP contribution in [0.3, 0.4) is 0 Å². The van der Waals surface area contributed by atoms with Crippen LogP contribution in [0.5, 0.6) is 0 Å². The summed E-state index contributed by atoms with van der Waals surface area (Å²) in [4.78, 5) is 11.5. The van der Waals surface area contributed by atoms with Crippen LogP contribution >= 0.6 is 12.4 Å². The van der Waals surface area contributed by atoms with Crippen LogP contribution in [-0.4, -0.2) is 26.0 Å². The predicted octanol–water partition coefficient (Wildman–Crippen LogP) is 2.47. The van der Waals surface area contributed by atoms with E-state index in [1.165, 1.54) is 11.1 Å². The first-order valence-corrected chi connectivity index (χ1v) is 6.69. The lowest BCUT2D eigenvalue weighted by Crippen LogP contribution is -2.26. The molecule has 0 bridgehead atoms. The topological polar surface area (TPSA) is 41.1 Å². The van der Waals surface area contributed by atoms with E-state index in [9.17, 15) is 4.79 Å². The average molecular weight is 285 g/mol. The van der Waals surface area contributed by atoms with Crippen LogP contribution in [-0.2, 0) is 11.2 Å². The molecule has 0 aliphatic carbocycles. The van der Waals surface area contributed by atoms with Crippen LogP contribution < -0.4 is 10.6 Å². The number of aryl methyl sites for hydroxylation is 2. The molecule has 0 aliphatic rings. The molecule has 0 fully saturated rings. The smallest absolute Gasteiger partial charge is 0.220 e. The van der Waals surface area contributed by atoms with Crippen molar-refractivity contribution in [1.82, 2.24) is 10.6 Å². The molecule has 19 heavy (non-hydrogen) atoms. The number of amides is 1. The quantitative estimate of drug-likeness (QED) is 0.720. The number of hydrogen-bond acceptors (Lipinski definition) is 2. The summed E-state index contributed by atoms with van der Waals surface area (Å²) >= 11 is 0. The first-order valence-electron chi connectivity index (χ1n) is 6.69. The minimum absolute atomic E-state index is 0. The first kappa shape index (κ1) is 17.9. The van der Waals surface area contributed by atoms with Gasteiger partial charge in [0.1, 0.15) is 0 Å². The second kappa shape index (κ2) is 10.8. The van der Waals surface area contributed by atoms with Gasteiger partial charge in [-0.2, -0.15) is 0 Å². The van der Waals surface area contributed by atoms with Crippen LogP contribution in [0.15, 0.2) is 24.3 Å². The monoisotopic (exact) mass is 284 g/mol. The van der Waals surface area contributed by atoms with Crippen LogP contribution in [0.2, 0.25) is 0 Å². The van der Waals surface area contributed by atoms with Gasteiger partial charge in [0.25, 0.3) is 0 Å². The third-order valence-corrected chi connectivity index (χ3v) is 2.92. The molecule has 0 heterocycles. The van der Waals surface area contributed by atoms with Crippen molar-refractivity contribution in [2.45, 2.75) is 32.6 Å². The molecule has 0 saturated heterocycles. The zero-order valence-corrected chi connectivity index (χ0v) is 12.7. The van der Waals surface area contributed by atoms with Crippen LogP contribution in [0.25, 0.3) is 0 Å². The predicted molar refractivity (Wildman–Crippen MR) is 82.9 cm³/mol. The lowest BCUT2D eigenvalue weighted by molar-refractivity contribution is -0.121. The van der Waals surface area contributed by atoms with Crippen molar-refractivity contribution in [1.29, 1.82) is 0 Å². The van der Waals surface area contributed by atoms with E-state index in [2.05, 4.69) is 41.8 Å².